The average molecular weight is 290 g/mol. The summed E-state index contributed by atoms with van der Waals surface area (Å²) >= 11 is 0. The van der Waals surface area contributed by atoms with Crippen LogP contribution in [0.5, 0.6) is 0 Å². The van der Waals surface area contributed by atoms with Crippen LogP contribution < -0.4 is 0 Å². The summed E-state index contributed by atoms with van der Waals surface area (Å²) in [6.45, 7) is 1.47. The van der Waals surface area contributed by atoms with Crippen molar-refractivity contribution in [3.05, 3.63) is 23.8 Å². The summed E-state index contributed by atoms with van der Waals surface area (Å²) in [4.78, 5) is 19.0. The molecular formula is C11H15FN2O4S. The summed E-state index contributed by atoms with van der Waals surface area (Å²) in [5, 5.41) is 0. The van der Waals surface area contributed by atoms with Crippen molar-refractivity contribution in [2.75, 3.05) is 13.4 Å². The molecule has 1 aromatic heterocycles. The van der Waals surface area contributed by atoms with E-state index in [4.69, 9.17) is 0 Å². The minimum absolute atomic E-state index is 0.0561. The molecule has 0 aromatic carbocycles. The van der Waals surface area contributed by atoms with Gasteiger partial charge in [0.25, 0.3) is 0 Å². The smallest absolute Gasteiger partial charge is 0.349 e. The Kier molecular flexibility index (Phi) is 4.56. The predicted octanol–water partition coefficient (Wildman–Crippen LogP) is 0.769. The molecular weight excluding hydrogens is 275 g/mol. The molecule has 0 aliphatic heterocycles. The number of methoxy groups -OCH3 is 1. The van der Waals surface area contributed by atoms with Crippen molar-refractivity contribution >= 4 is 15.8 Å². The first-order valence-corrected chi connectivity index (χ1v) is 7.56. The van der Waals surface area contributed by atoms with Crippen LogP contribution >= 0.6 is 0 Å². The normalized spacial score (nSPS) is 14.7. The van der Waals surface area contributed by atoms with Gasteiger partial charge in [-0.2, -0.15) is 0 Å². The van der Waals surface area contributed by atoms with E-state index in [-0.39, 0.29) is 17.9 Å². The number of aromatic nitrogens is 2. The van der Waals surface area contributed by atoms with Gasteiger partial charge < -0.3 is 4.74 Å². The third-order valence-electron chi connectivity index (χ3n) is 2.50. The minimum atomic E-state index is -3.34. The lowest BCUT2D eigenvalue weighted by atomic mass is 9.98. The van der Waals surface area contributed by atoms with Crippen LogP contribution in [0.25, 0.3) is 0 Å². The van der Waals surface area contributed by atoms with Crippen molar-refractivity contribution in [1.82, 2.24) is 9.97 Å². The Morgan fingerprint density at radius 3 is 2.63 bits per heavy atom. The molecule has 0 aliphatic carbocycles. The van der Waals surface area contributed by atoms with Crippen molar-refractivity contribution in [1.29, 1.82) is 0 Å². The zero-order valence-electron chi connectivity index (χ0n) is 10.9. The lowest BCUT2D eigenvalue weighted by Crippen LogP contribution is -2.33. The Hall–Kier alpha value is -1.57. The second kappa shape index (κ2) is 5.60. The van der Waals surface area contributed by atoms with Gasteiger partial charge in [0.2, 0.25) is 5.67 Å². The lowest BCUT2D eigenvalue weighted by molar-refractivity contribution is -0.156. The van der Waals surface area contributed by atoms with Crippen molar-refractivity contribution in [2.45, 2.75) is 24.8 Å². The van der Waals surface area contributed by atoms with Crippen LogP contribution in [0.2, 0.25) is 0 Å². The van der Waals surface area contributed by atoms with Crippen LogP contribution in [0.3, 0.4) is 0 Å². The second-order valence-corrected chi connectivity index (χ2v) is 6.21. The average Bonchev–Trinajstić information content (AvgIpc) is 2.35. The molecule has 0 saturated heterocycles. The van der Waals surface area contributed by atoms with Gasteiger partial charge in [-0.05, 0) is 12.5 Å². The molecule has 0 bridgehead atoms. The Balaban J connectivity index is 3.20. The quantitative estimate of drug-likeness (QED) is 0.744. The molecule has 19 heavy (non-hydrogen) atoms. The molecule has 0 spiro atoms. The van der Waals surface area contributed by atoms with E-state index in [1.807, 2.05) is 0 Å². The standard InChI is InChI=1S/C11H15FN2O4S/c1-4-11(12,10(15)18-2)8-5-6-13-9(14-8)7-19(3,16)17/h5-6H,4,7H2,1-3H3. The SMILES string of the molecule is CCC(F)(C(=O)OC)c1ccnc(CS(C)(=O)=O)n1. The van der Waals surface area contributed by atoms with E-state index in [0.717, 1.165) is 13.4 Å². The molecule has 0 saturated carbocycles. The predicted molar refractivity (Wildman–Crippen MR) is 65.7 cm³/mol. The zero-order valence-corrected chi connectivity index (χ0v) is 11.7. The van der Waals surface area contributed by atoms with Gasteiger partial charge in [0.1, 0.15) is 11.6 Å². The molecule has 0 aliphatic rings. The largest absolute Gasteiger partial charge is 0.466 e. The van der Waals surface area contributed by atoms with Gasteiger partial charge in [-0.3, -0.25) is 0 Å². The number of ether oxygens (including phenoxy) is 1. The highest BCUT2D eigenvalue weighted by Crippen LogP contribution is 2.29. The Morgan fingerprint density at radius 1 is 1.53 bits per heavy atom. The van der Waals surface area contributed by atoms with Crippen LogP contribution in [0.4, 0.5) is 4.39 Å². The van der Waals surface area contributed by atoms with Crippen LogP contribution in [0.1, 0.15) is 24.9 Å². The maximum Gasteiger partial charge on any atom is 0.349 e. The zero-order chi connectivity index (χ0) is 14.7. The number of nitrogens with zero attached hydrogens (tertiary/aromatic N) is 2. The third-order valence-corrected chi connectivity index (χ3v) is 3.28. The maximum atomic E-state index is 14.5. The van der Waals surface area contributed by atoms with Gasteiger partial charge in [-0.25, -0.2) is 27.6 Å². The number of halogens is 1. The number of alkyl halides is 1. The Morgan fingerprint density at radius 2 is 2.16 bits per heavy atom. The summed E-state index contributed by atoms with van der Waals surface area (Å²) in [5.74, 6) is -1.54. The third kappa shape index (κ3) is 3.69. The van der Waals surface area contributed by atoms with E-state index < -0.39 is 27.2 Å². The van der Waals surface area contributed by atoms with Crippen LogP contribution in [0, 0.1) is 0 Å². The van der Waals surface area contributed by atoms with E-state index >= 15 is 0 Å². The Labute approximate surface area is 110 Å². The van der Waals surface area contributed by atoms with Crippen LogP contribution in [-0.2, 0) is 30.8 Å². The van der Waals surface area contributed by atoms with Crippen molar-refractivity contribution < 1.29 is 22.3 Å². The first-order valence-electron chi connectivity index (χ1n) is 5.50. The summed E-state index contributed by atoms with van der Waals surface area (Å²) in [7, 11) is -2.26. The molecule has 0 amide bonds. The fraction of sp³-hybridized carbons (Fsp3) is 0.545. The molecule has 1 rings (SSSR count). The molecule has 0 fully saturated rings. The summed E-state index contributed by atoms with van der Waals surface area (Å²) < 4.78 is 41.3. The number of carbonyl (C=O) groups is 1. The highest BCUT2D eigenvalue weighted by Gasteiger charge is 2.41. The van der Waals surface area contributed by atoms with E-state index in [1.165, 1.54) is 19.2 Å². The van der Waals surface area contributed by atoms with Gasteiger partial charge in [-0.15, -0.1) is 0 Å². The Bertz CT molecular complexity index is 576. The number of carbonyl (C=O) groups excluding carboxylic acids is 1. The van der Waals surface area contributed by atoms with Crippen molar-refractivity contribution in [3.8, 4) is 0 Å². The molecule has 0 radical (unpaired) electrons. The molecule has 1 aromatic rings. The fourth-order valence-corrected chi connectivity index (χ4v) is 2.12. The minimum Gasteiger partial charge on any atom is -0.466 e. The molecule has 1 unspecified atom stereocenters. The number of rotatable bonds is 5. The van der Waals surface area contributed by atoms with E-state index in [0.29, 0.717) is 0 Å². The van der Waals surface area contributed by atoms with Crippen molar-refractivity contribution in [2.24, 2.45) is 0 Å². The van der Waals surface area contributed by atoms with Gasteiger partial charge in [0.15, 0.2) is 9.84 Å². The fourth-order valence-electron chi connectivity index (χ4n) is 1.52. The molecule has 8 heteroatoms. The summed E-state index contributed by atoms with van der Waals surface area (Å²) in [6.07, 6.45) is 2.07. The number of sulfone groups is 1. The first kappa shape index (κ1) is 15.5. The van der Waals surface area contributed by atoms with Gasteiger partial charge >= 0.3 is 5.97 Å². The van der Waals surface area contributed by atoms with Gasteiger partial charge in [0.05, 0.1) is 12.8 Å². The molecule has 0 N–H and O–H groups in total. The van der Waals surface area contributed by atoms with Gasteiger partial charge in [-0.1, -0.05) is 6.92 Å². The molecule has 6 nitrogen and oxygen atoms in total. The van der Waals surface area contributed by atoms with Crippen LogP contribution in [0.15, 0.2) is 12.3 Å². The van der Waals surface area contributed by atoms with Crippen LogP contribution in [-0.4, -0.2) is 37.7 Å². The lowest BCUT2D eigenvalue weighted by Gasteiger charge is -2.20. The monoisotopic (exact) mass is 290 g/mol. The molecule has 1 atom stereocenters. The summed E-state index contributed by atoms with van der Waals surface area (Å²) in [6, 6.07) is 1.23. The number of hydrogen-bond acceptors (Lipinski definition) is 6. The van der Waals surface area contributed by atoms with E-state index in [9.17, 15) is 17.6 Å². The van der Waals surface area contributed by atoms with E-state index in [2.05, 4.69) is 14.7 Å². The van der Waals surface area contributed by atoms with Crippen molar-refractivity contribution in [3.63, 3.8) is 0 Å². The first-order chi connectivity index (χ1) is 8.73. The topological polar surface area (TPSA) is 86.2 Å². The summed E-state index contributed by atoms with van der Waals surface area (Å²) in [5.41, 5.74) is -2.60. The molecule has 106 valence electrons. The molecule has 1 heterocycles. The highest BCUT2D eigenvalue weighted by atomic mass is 32.2. The van der Waals surface area contributed by atoms with E-state index in [1.54, 1.807) is 0 Å². The van der Waals surface area contributed by atoms with Gasteiger partial charge in [0, 0.05) is 12.5 Å². The second-order valence-electron chi connectivity index (χ2n) is 4.07. The maximum absolute atomic E-state index is 14.5. The number of hydrogen-bond donors (Lipinski definition) is 0. The number of esters is 1. The highest BCUT2D eigenvalue weighted by molar-refractivity contribution is 7.89.